The summed E-state index contributed by atoms with van der Waals surface area (Å²) in [6.07, 6.45) is 25.9. The molecule has 5 rings (SSSR count). The van der Waals surface area contributed by atoms with E-state index in [0.717, 1.165) is 0 Å². The fraction of sp³-hybridized carbons (Fsp3) is 0.250. The Bertz CT molecular complexity index is 1540. The minimum atomic E-state index is 0.0416. The van der Waals surface area contributed by atoms with E-state index < -0.39 is 0 Å². The number of benzene rings is 3. The number of allylic oxidation sites excluding steroid dienone is 12. The molecule has 204 valence electrons. The lowest BCUT2D eigenvalue weighted by molar-refractivity contribution is 0.373. The molecule has 2 aliphatic rings. The van der Waals surface area contributed by atoms with E-state index in [1.807, 2.05) is 18.2 Å². The molecule has 0 atom stereocenters. The second kappa shape index (κ2) is 13.4. The van der Waals surface area contributed by atoms with Crippen LogP contribution >= 0.6 is 0 Å². The van der Waals surface area contributed by atoms with Gasteiger partial charge in [0.25, 0.3) is 0 Å². The first-order valence-electron chi connectivity index (χ1n) is 14.7. The maximum absolute atomic E-state index is 4.05. The van der Waals surface area contributed by atoms with Gasteiger partial charge in [-0.25, -0.2) is 0 Å². The van der Waals surface area contributed by atoms with Crippen molar-refractivity contribution in [3.8, 4) is 0 Å². The summed E-state index contributed by atoms with van der Waals surface area (Å²) in [5, 5.41) is 5.38. The summed E-state index contributed by atoms with van der Waals surface area (Å²) < 4.78 is 0. The van der Waals surface area contributed by atoms with Gasteiger partial charge in [-0.05, 0) is 76.1 Å². The van der Waals surface area contributed by atoms with E-state index in [9.17, 15) is 0 Å². The molecule has 3 aromatic carbocycles. The van der Waals surface area contributed by atoms with Crippen molar-refractivity contribution < 1.29 is 0 Å². The molecule has 0 bridgehead atoms. The number of hydrogen-bond acceptors (Lipinski definition) is 0. The van der Waals surface area contributed by atoms with Gasteiger partial charge < -0.3 is 0 Å². The van der Waals surface area contributed by atoms with E-state index in [-0.39, 0.29) is 5.41 Å². The zero-order valence-electron chi connectivity index (χ0n) is 24.5. The molecule has 0 unspecified atom stereocenters. The van der Waals surface area contributed by atoms with Gasteiger partial charge in [-0.2, -0.15) is 0 Å². The number of hydrogen-bond donors (Lipinski definition) is 0. The van der Waals surface area contributed by atoms with E-state index in [1.165, 1.54) is 99.9 Å². The molecule has 3 aromatic rings. The molecule has 0 N–H and O–H groups in total. The summed E-state index contributed by atoms with van der Waals surface area (Å²) >= 11 is 0. The molecule has 0 radical (unpaired) electrons. The lowest BCUT2D eigenvalue weighted by Crippen LogP contribution is -2.26. The van der Waals surface area contributed by atoms with Crippen LogP contribution in [-0.4, -0.2) is 0 Å². The van der Waals surface area contributed by atoms with Gasteiger partial charge in [-0.3, -0.25) is 0 Å². The Morgan fingerprint density at radius 1 is 0.750 bits per heavy atom. The van der Waals surface area contributed by atoms with E-state index in [0.29, 0.717) is 0 Å². The normalized spacial score (nSPS) is 19.4. The van der Waals surface area contributed by atoms with Gasteiger partial charge in [-0.1, -0.05) is 148 Å². The Morgan fingerprint density at radius 2 is 1.40 bits per heavy atom. The number of rotatable bonds is 5. The van der Waals surface area contributed by atoms with E-state index in [1.54, 1.807) is 0 Å². The van der Waals surface area contributed by atoms with Crippen LogP contribution in [-0.2, 0) is 5.41 Å². The highest BCUT2D eigenvalue weighted by Gasteiger charge is 2.46. The van der Waals surface area contributed by atoms with Crippen LogP contribution in [0.2, 0.25) is 0 Å². The first-order valence-corrected chi connectivity index (χ1v) is 14.7. The standard InChI is InChI=1S/C38H40.C2H4/c1-5-7-8-10-13-20-33-35(29(4)27-28(3)6-2)37-34(38(33)25-16-11-9-12-17-26-38)24-23-31-22-21-30-18-14-15-19-32(30)36(31)37;1-2/h5-8,10,13-15,18-24,27H,1-2,9,11-12,16-17,25-26H2,3-4H3;1-2H2/b8-7+,13-10+,28-27+,33-20+,35-29-;. The molecule has 0 heteroatoms. The second-order valence-electron chi connectivity index (χ2n) is 11.0. The molecule has 0 heterocycles. The predicted octanol–water partition coefficient (Wildman–Crippen LogP) is 11.9. The van der Waals surface area contributed by atoms with Crippen LogP contribution in [0.15, 0.2) is 140 Å². The van der Waals surface area contributed by atoms with E-state index in [2.05, 4.69) is 119 Å². The van der Waals surface area contributed by atoms with Crippen molar-refractivity contribution in [1.29, 1.82) is 0 Å². The monoisotopic (exact) mass is 524 g/mol. The summed E-state index contributed by atoms with van der Waals surface area (Å²) in [6, 6.07) is 18.3. The molecular weight excluding hydrogens is 480 g/mol. The lowest BCUT2D eigenvalue weighted by atomic mass is 9.69. The Kier molecular flexibility index (Phi) is 9.78. The molecule has 1 fully saturated rings. The first kappa shape index (κ1) is 29.1. The average molecular weight is 525 g/mol. The quantitative estimate of drug-likeness (QED) is 0.177. The average Bonchev–Trinajstić information content (AvgIpc) is 3.25. The van der Waals surface area contributed by atoms with Crippen LogP contribution < -0.4 is 0 Å². The summed E-state index contributed by atoms with van der Waals surface area (Å²) in [4.78, 5) is 0. The Balaban J connectivity index is 0.00000181. The van der Waals surface area contributed by atoms with Gasteiger partial charge in [0.2, 0.25) is 0 Å². The SMILES string of the molecule is C=C.C=C/C=C/C=C/C=C1\C(=C(C)\C=C(/C)C=C)c2c(ccc3ccc4ccccc4c23)C12CCCCCCC2. The van der Waals surface area contributed by atoms with Crippen molar-refractivity contribution in [2.75, 3.05) is 0 Å². The zero-order chi connectivity index (χ0) is 28.5. The van der Waals surface area contributed by atoms with Crippen LogP contribution in [0.1, 0.15) is 69.9 Å². The topological polar surface area (TPSA) is 0 Å². The molecular formula is C40H44. The molecule has 0 amide bonds. The van der Waals surface area contributed by atoms with E-state index >= 15 is 0 Å². The highest BCUT2D eigenvalue weighted by molar-refractivity contribution is 6.16. The number of fused-ring (bicyclic) bond motifs is 6. The van der Waals surface area contributed by atoms with Crippen LogP contribution in [0.25, 0.3) is 27.1 Å². The van der Waals surface area contributed by atoms with Gasteiger partial charge in [0.1, 0.15) is 0 Å². The summed E-state index contributed by atoms with van der Waals surface area (Å²) in [5.41, 5.74) is 8.45. The van der Waals surface area contributed by atoms with Crippen molar-refractivity contribution in [3.05, 3.63) is 151 Å². The fourth-order valence-corrected chi connectivity index (χ4v) is 6.81. The predicted molar refractivity (Wildman–Crippen MR) is 180 cm³/mol. The maximum atomic E-state index is 4.05. The third-order valence-corrected chi connectivity index (χ3v) is 8.56. The van der Waals surface area contributed by atoms with Gasteiger partial charge in [0, 0.05) is 5.41 Å². The Hall–Kier alpha value is -3.90. The summed E-state index contributed by atoms with van der Waals surface area (Å²) in [6.45, 7) is 18.3. The molecule has 0 aromatic heterocycles. The molecule has 0 aliphatic heterocycles. The third-order valence-electron chi connectivity index (χ3n) is 8.56. The Labute approximate surface area is 242 Å². The van der Waals surface area contributed by atoms with Crippen molar-refractivity contribution in [3.63, 3.8) is 0 Å². The van der Waals surface area contributed by atoms with Crippen LogP contribution in [0.4, 0.5) is 0 Å². The molecule has 40 heavy (non-hydrogen) atoms. The minimum Gasteiger partial charge on any atom is -0.106 e. The van der Waals surface area contributed by atoms with Crippen LogP contribution in [0.5, 0.6) is 0 Å². The first-order chi connectivity index (χ1) is 19.6. The van der Waals surface area contributed by atoms with Crippen molar-refractivity contribution in [1.82, 2.24) is 0 Å². The summed E-state index contributed by atoms with van der Waals surface area (Å²) in [7, 11) is 0. The molecule has 0 saturated heterocycles. The fourth-order valence-electron chi connectivity index (χ4n) is 6.81. The summed E-state index contributed by atoms with van der Waals surface area (Å²) in [5.74, 6) is 0. The van der Waals surface area contributed by atoms with Gasteiger partial charge in [0.15, 0.2) is 0 Å². The third kappa shape index (κ3) is 5.54. The van der Waals surface area contributed by atoms with Crippen molar-refractivity contribution in [2.45, 2.75) is 64.2 Å². The van der Waals surface area contributed by atoms with E-state index in [4.69, 9.17) is 0 Å². The second-order valence-corrected chi connectivity index (χ2v) is 11.0. The lowest BCUT2D eigenvalue weighted by Gasteiger charge is -2.34. The minimum absolute atomic E-state index is 0.0416. The molecule has 2 aliphatic carbocycles. The van der Waals surface area contributed by atoms with Gasteiger partial charge in [0.05, 0.1) is 0 Å². The smallest absolute Gasteiger partial charge is 0.0215 e. The highest BCUT2D eigenvalue weighted by Crippen LogP contribution is 2.59. The molecule has 0 nitrogen and oxygen atoms in total. The van der Waals surface area contributed by atoms with Crippen LogP contribution in [0.3, 0.4) is 0 Å². The van der Waals surface area contributed by atoms with Gasteiger partial charge >= 0.3 is 0 Å². The van der Waals surface area contributed by atoms with Crippen molar-refractivity contribution >= 4 is 27.1 Å². The molecule has 1 spiro atoms. The molecule has 1 saturated carbocycles. The maximum Gasteiger partial charge on any atom is 0.0215 e. The highest BCUT2D eigenvalue weighted by atomic mass is 14.5. The van der Waals surface area contributed by atoms with Gasteiger partial charge in [-0.15, -0.1) is 13.2 Å². The van der Waals surface area contributed by atoms with Crippen LogP contribution in [0, 0.1) is 0 Å². The van der Waals surface area contributed by atoms with Crippen molar-refractivity contribution in [2.24, 2.45) is 0 Å². The Morgan fingerprint density at radius 3 is 2.12 bits per heavy atom. The largest absolute Gasteiger partial charge is 0.106 e. The zero-order valence-corrected chi connectivity index (χ0v) is 24.5.